The molecule has 0 aliphatic heterocycles. The second kappa shape index (κ2) is 19.7. The average molecular weight is 759 g/mol. The molecule has 2 aromatic rings. The molecule has 0 unspecified atom stereocenters. The van der Waals surface area contributed by atoms with Gasteiger partial charge in [0.15, 0.2) is 17.5 Å². The summed E-state index contributed by atoms with van der Waals surface area (Å²) in [6.45, 7) is 10.2. The van der Waals surface area contributed by atoms with Crippen LogP contribution in [0.2, 0.25) is 0 Å². The van der Waals surface area contributed by atoms with Crippen LogP contribution in [-0.2, 0) is 35.1 Å². The van der Waals surface area contributed by atoms with Gasteiger partial charge in [0.2, 0.25) is 5.91 Å². The number of guanidine groups is 1. The van der Waals surface area contributed by atoms with E-state index in [0.29, 0.717) is 17.7 Å². The quantitative estimate of drug-likeness (QED) is 0.0576. The highest BCUT2D eigenvalue weighted by Gasteiger charge is 2.38. The van der Waals surface area contributed by atoms with Crippen LogP contribution in [0.3, 0.4) is 0 Å². The predicted octanol–water partition coefficient (Wildman–Crippen LogP) is 4.37. The van der Waals surface area contributed by atoms with Crippen LogP contribution in [0.5, 0.6) is 17.2 Å². The molecule has 0 saturated heterocycles. The van der Waals surface area contributed by atoms with Gasteiger partial charge in [-0.15, -0.1) is 0 Å². The van der Waals surface area contributed by atoms with Crippen molar-refractivity contribution in [3.8, 4) is 17.2 Å². The van der Waals surface area contributed by atoms with E-state index in [4.69, 9.17) is 40.0 Å². The van der Waals surface area contributed by atoms with Crippen molar-refractivity contribution in [3.63, 3.8) is 0 Å². The van der Waals surface area contributed by atoms with Crippen LogP contribution in [-0.4, -0.2) is 87.7 Å². The third kappa shape index (κ3) is 18.4. The van der Waals surface area contributed by atoms with Crippen molar-refractivity contribution < 1.29 is 71.4 Å². The highest BCUT2D eigenvalue weighted by atomic mass is 19.4. The highest BCUT2D eigenvalue weighted by Crippen LogP contribution is 2.31. The Hall–Kier alpha value is -5.75. The zero-order chi connectivity index (χ0) is 40.7. The first-order chi connectivity index (χ1) is 24.3. The number of aromatic hydroxyl groups is 1. The number of carbonyl (C=O) groups is 5. The van der Waals surface area contributed by atoms with Crippen LogP contribution in [0.25, 0.3) is 0 Å². The maximum atomic E-state index is 12.9. The van der Waals surface area contributed by atoms with Crippen LogP contribution in [0, 0.1) is 5.41 Å². The molecule has 294 valence electrons. The van der Waals surface area contributed by atoms with Gasteiger partial charge < -0.3 is 50.6 Å². The number of phenolic OH excluding ortho intramolecular Hbond substituents is 1. The van der Waals surface area contributed by atoms with E-state index in [-0.39, 0.29) is 54.8 Å². The molecule has 19 heteroatoms. The first kappa shape index (κ1) is 45.3. The molecule has 0 bridgehead atoms. The molecule has 0 aromatic heterocycles. The number of ether oxygens (including phenoxy) is 4. The van der Waals surface area contributed by atoms with E-state index in [0.717, 1.165) is 0 Å². The summed E-state index contributed by atoms with van der Waals surface area (Å²) < 4.78 is 53.9. The third-order valence-electron chi connectivity index (χ3n) is 6.04. The number of nitrogens with two attached hydrogens (primary N) is 1. The molecule has 0 radical (unpaired) electrons. The van der Waals surface area contributed by atoms with Gasteiger partial charge in [0.1, 0.15) is 28.6 Å². The Kier molecular flexibility index (Phi) is 16.9. The monoisotopic (exact) mass is 758 g/mol. The lowest BCUT2D eigenvalue weighted by Gasteiger charge is -2.25. The van der Waals surface area contributed by atoms with Crippen LogP contribution in [0.15, 0.2) is 36.4 Å². The van der Waals surface area contributed by atoms with Crippen LogP contribution in [0.4, 0.5) is 18.9 Å². The highest BCUT2D eigenvalue weighted by molar-refractivity contribution is 5.94. The van der Waals surface area contributed by atoms with Gasteiger partial charge in [0, 0.05) is 24.6 Å². The number of aliphatic carboxylic acids is 1. The van der Waals surface area contributed by atoms with E-state index in [1.807, 2.05) is 0 Å². The van der Waals surface area contributed by atoms with E-state index in [2.05, 4.69) is 10.6 Å². The standard InChI is InChI=1S/C32H44N4O10.C2HF3O2/c1-31(2,3)45-26(39)18-22(29(42)46-32(4,5)6)36-25(38)14-11-19-9-7-10-23(37)27(19)44-16-8-15-43-24-17-20(35-30(33)34)12-13-21(24)28(40)41;3-2(4,5)1(6)7/h7,9-10,12-13,17,22,37H,8,11,14-16,18H2,1-6H3,(H,36,38)(H,40,41)(H4,33,34,35);(H,6,7)/t22-;/m0./s1. The Bertz CT molecular complexity index is 1620. The van der Waals surface area contributed by atoms with E-state index < -0.39 is 59.6 Å². The third-order valence-corrected chi connectivity index (χ3v) is 6.04. The lowest BCUT2D eigenvalue weighted by atomic mass is 10.1. The number of nitrogens with one attached hydrogen (secondary N) is 3. The van der Waals surface area contributed by atoms with Crippen molar-refractivity contribution in [1.29, 1.82) is 5.41 Å². The second-order valence-electron chi connectivity index (χ2n) is 13.1. The van der Waals surface area contributed by atoms with Crippen molar-refractivity contribution in [2.24, 2.45) is 5.73 Å². The van der Waals surface area contributed by atoms with Crippen LogP contribution in [0.1, 0.15) is 76.7 Å². The van der Waals surface area contributed by atoms with Gasteiger partial charge in [-0.1, -0.05) is 12.1 Å². The average Bonchev–Trinajstić information content (AvgIpc) is 2.98. The predicted molar refractivity (Wildman–Crippen MR) is 183 cm³/mol. The summed E-state index contributed by atoms with van der Waals surface area (Å²) in [6.07, 6.45) is -5.15. The molecule has 53 heavy (non-hydrogen) atoms. The number of anilines is 1. The molecular weight excluding hydrogens is 713 g/mol. The summed E-state index contributed by atoms with van der Waals surface area (Å²) in [5.41, 5.74) is 4.55. The molecule has 0 fully saturated rings. The summed E-state index contributed by atoms with van der Waals surface area (Å²) in [5.74, 6) is -6.15. The van der Waals surface area contributed by atoms with Crippen molar-refractivity contribution in [2.75, 3.05) is 18.5 Å². The smallest absolute Gasteiger partial charge is 0.490 e. The molecule has 1 atom stereocenters. The number of benzene rings is 2. The van der Waals surface area contributed by atoms with Crippen LogP contribution < -0.4 is 25.8 Å². The lowest BCUT2D eigenvalue weighted by molar-refractivity contribution is -0.192. The minimum absolute atomic E-state index is 0.0683. The number of aryl methyl sites for hydroxylation is 1. The fraction of sp³-hybridized carbons (Fsp3) is 0.471. The number of para-hydroxylation sites is 1. The fourth-order valence-electron chi connectivity index (χ4n) is 4.03. The number of esters is 2. The van der Waals surface area contributed by atoms with Crippen molar-refractivity contribution >= 4 is 41.4 Å². The largest absolute Gasteiger partial charge is 0.504 e. The Balaban J connectivity index is 0.00000181. The fourth-order valence-corrected chi connectivity index (χ4v) is 4.03. The topological polar surface area (TPSA) is 257 Å². The Labute approximate surface area is 303 Å². The van der Waals surface area contributed by atoms with Gasteiger partial charge in [-0.2, -0.15) is 13.2 Å². The summed E-state index contributed by atoms with van der Waals surface area (Å²) >= 11 is 0. The number of phenols is 1. The maximum absolute atomic E-state index is 12.9. The van der Waals surface area contributed by atoms with E-state index in [1.165, 1.54) is 24.3 Å². The van der Waals surface area contributed by atoms with Crippen molar-refractivity contribution in [3.05, 3.63) is 47.5 Å². The van der Waals surface area contributed by atoms with Gasteiger partial charge in [0.25, 0.3) is 0 Å². The number of carboxylic acids is 2. The van der Waals surface area contributed by atoms with E-state index >= 15 is 0 Å². The Morgan fingerprint density at radius 3 is 2.02 bits per heavy atom. The first-order valence-corrected chi connectivity index (χ1v) is 15.9. The number of aromatic carboxylic acids is 1. The van der Waals surface area contributed by atoms with Gasteiger partial charge >= 0.3 is 30.1 Å². The molecule has 1 amide bonds. The summed E-state index contributed by atoms with van der Waals surface area (Å²) in [7, 11) is 0. The minimum Gasteiger partial charge on any atom is -0.504 e. The summed E-state index contributed by atoms with van der Waals surface area (Å²) in [4.78, 5) is 58.6. The number of rotatable bonds is 15. The zero-order valence-electron chi connectivity index (χ0n) is 30.0. The number of halogens is 3. The molecule has 0 spiro atoms. The number of hydrogen-bond donors (Lipinski definition) is 7. The molecule has 2 rings (SSSR count). The normalized spacial score (nSPS) is 11.9. The molecular formula is C34H45F3N4O12. The SMILES string of the molecule is CC(C)(C)OC(=O)C[C@H](NC(=O)CCc1cccc(O)c1OCCCOc1cc(NC(=N)N)ccc1C(=O)O)C(=O)OC(C)(C)C.O=C(O)C(F)(F)F. The number of carbonyl (C=O) groups excluding carboxylic acids is 3. The van der Waals surface area contributed by atoms with Gasteiger partial charge in [-0.05, 0) is 71.7 Å². The molecule has 8 N–H and O–H groups in total. The number of amides is 1. The zero-order valence-corrected chi connectivity index (χ0v) is 30.0. The van der Waals surface area contributed by atoms with E-state index in [1.54, 1.807) is 53.7 Å². The number of carboxylic acid groups (broad SMARTS) is 2. The number of alkyl halides is 3. The molecule has 0 aliphatic rings. The molecule has 0 heterocycles. The van der Waals surface area contributed by atoms with Gasteiger partial charge in [-0.3, -0.25) is 15.0 Å². The maximum Gasteiger partial charge on any atom is 0.490 e. The Morgan fingerprint density at radius 2 is 1.49 bits per heavy atom. The summed E-state index contributed by atoms with van der Waals surface area (Å²) in [6, 6.07) is 7.65. The Morgan fingerprint density at radius 1 is 0.906 bits per heavy atom. The molecule has 0 saturated carbocycles. The molecule has 2 aromatic carbocycles. The van der Waals surface area contributed by atoms with E-state index in [9.17, 15) is 42.6 Å². The first-order valence-electron chi connectivity index (χ1n) is 15.9. The van der Waals surface area contributed by atoms with Gasteiger partial charge in [-0.25, -0.2) is 14.4 Å². The molecule has 16 nitrogen and oxygen atoms in total. The van der Waals surface area contributed by atoms with Crippen molar-refractivity contribution in [2.45, 2.75) is 90.6 Å². The minimum atomic E-state index is -5.08. The molecule has 0 aliphatic carbocycles. The van der Waals surface area contributed by atoms with Crippen LogP contribution >= 0.6 is 0 Å². The second-order valence-corrected chi connectivity index (χ2v) is 13.1. The lowest BCUT2D eigenvalue weighted by Crippen LogP contribution is -2.46. The summed E-state index contributed by atoms with van der Waals surface area (Å²) in [5, 5.41) is 39.5. The van der Waals surface area contributed by atoms with Crippen molar-refractivity contribution in [1.82, 2.24) is 5.32 Å². The van der Waals surface area contributed by atoms with Gasteiger partial charge in [0.05, 0.1) is 19.6 Å². The number of hydrogen-bond acceptors (Lipinski definition) is 11.